The first kappa shape index (κ1) is 8.18. The van der Waals surface area contributed by atoms with Crippen molar-refractivity contribution in [2.24, 2.45) is 0 Å². The van der Waals surface area contributed by atoms with Crippen LogP contribution in [0.5, 0.6) is 0 Å². The summed E-state index contributed by atoms with van der Waals surface area (Å²) in [6.07, 6.45) is 1.32. The second-order valence-corrected chi connectivity index (χ2v) is 2.94. The van der Waals surface area contributed by atoms with Crippen molar-refractivity contribution < 1.29 is 4.79 Å². The van der Waals surface area contributed by atoms with Gasteiger partial charge in [-0.25, -0.2) is 0 Å². The van der Waals surface area contributed by atoms with Crippen LogP contribution in [0.4, 0.5) is 0 Å². The lowest BCUT2D eigenvalue weighted by atomic mass is 10.3. The molecule has 0 N–H and O–H groups in total. The molecule has 0 saturated carbocycles. The predicted molar refractivity (Wildman–Crippen MR) is 38.4 cm³/mol. The second kappa shape index (κ2) is 4.10. The van der Waals surface area contributed by atoms with Crippen molar-refractivity contribution in [1.82, 2.24) is 0 Å². The Hall–Kier alpha value is 0.180. The molecule has 1 unspecified atom stereocenters. The molecule has 46 valence electrons. The molecule has 0 bridgehead atoms. The Balaban J connectivity index is 3.66. The Morgan fingerprint density at radius 2 is 2.38 bits per heavy atom. The van der Waals surface area contributed by atoms with Crippen LogP contribution in [0, 0.1) is 0 Å². The van der Waals surface area contributed by atoms with Gasteiger partial charge in [0.25, 0.3) is 0 Å². The number of carbonyl (C=O) groups is 1. The number of hydrogen-bond acceptors (Lipinski definition) is 1. The lowest BCUT2D eigenvalue weighted by molar-refractivity contribution is -0.113. The molecule has 0 spiro atoms. The Bertz CT molecular complexity index is 109. The van der Waals surface area contributed by atoms with E-state index in [1.165, 1.54) is 11.6 Å². The van der Waals surface area contributed by atoms with Gasteiger partial charge in [-0.3, -0.25) is 4.79 Å². The van der Waals surface area contributed by atoms with Gasteiger partial charge in [0.1, 0.15) is 0 Å². The fourth-order valence-corrected chi connectivity index (χ4v) is 0.471. The van der Waals surface area contributed by atoms with Crippen LogP contribution in [-0.2, 0) is 4.79 Å². The number of hydrogen-bond donors (Lipinski definition) is 0. The molecular formula is C5H6BrClO. The minimum absolute atomic E-state index is 0.0139. The smallest absolute Gasteiger partial charge is 0.169 e. The standard InChI is InChI=1S/C5H6BrClO/c1-4(6)5(8)2-3-7/h2-4H,1H3/b3-2+. The van der Waals surface area contributed by atoms with Crippen LogP contribution in [0.3, 0.4) is 0 Å². The second-order valence-electron chi connectivity index (χ2n) is 1.31. The molecule has 0 aromatic rings. The maximum atomic E-state index is 10.5. The first-order valence-electron chi connectivity index (χ1n) is 2.13. The van der Waals surface area contributed by atoms with Gasteiger partial charge >= 0.3 is 0 Å². The predicted octanol–water partition coefficient (Wildman–Crippen LogP) is 2.09. The number of carbonyl (C=O) groups excluding carboxylic acids is 1. The lowest BCUT2D eigenvalue weighted by Crippen LogP contribution is -2.04. The van der Waals surface area contributed by atoms with E-state index >= 15 is 0 Å². The molecule has 0 fully saturated rings. The molecular weight excluding hydrogens is 191 g/mol. The van der Waals surface area contributed by atoms with Crippen LogP contribution < -0.4 is 0 Å². The minimum Gasteiger partial charge on any atom is -0.294 e. The molecule has 8 heavy (non-hydrogen) atoms. The Labute approximate surface area is 61.8 Å². The molecule has 0 radical (unpaired) electrons. The highest BCUT2D eigenvalue weighted by Crippen LogP contribution is 1.99. The van der Waals surface area contributed by atoms with Crippen LogP contribution in [0.15, 0.2) is 11.6 Å². The van der Waals surface area contributed by atoms with Crippen molar-refractivity contribution in [2.75, 3.05) is 0 Å². The third-order valence-corrected chi connectivity index (χ3v) is 1.20. The van der Waals surface area contributed by atoms with Gasteiger partial charge in [-0.1, -0.05) is 27.5 Å². The summed E-state index contributed by atoms with van der Waals surface area (Å²) in [6, 6.07) is 0. The molecule has 0 aliphatic heterocycles. The van der Waals surface area contributed by atoms with Crippen LogP contribution in [0.25, 0.3) is 0 Å². The van der Waals surface area contributed by atoms with Gasteiger partial charge in [0, 0.05) is 5.54 Å². The van der Waals surface area contributed by atoms with E-state index in [0.29, 0.717) is 0 Å². The third kappa shape index (κ3) is 3.22. The van der Waals surface area contributed by atoms with E-state index in [1.807, 2.05) is 0 Å². The monoisotopic (exact) mass is 196 g/mol. The van der Waals surface area contributed by atoms with Gasteiger partial charge in [0.15, 0.2) is 5.78 Å². The van der Waals surface area contributed by atoms with Crippen molar-refractivity contribution in [2.45, 2.75) is 11.8 Å². The van der Waals surface area contributed by atoms with Crippen LogP contribution in [0.1, 0.15) is 6.92 Å². The van der Waals surface area contributed by atoms with E-state index < -0.39 is 0 Å². The van der Waals surface area contributed by atoms with Gasteiger partial charge in [-0.15, -0.1) is 0 Å². The summed E-state index contributed by atoms with van der Waals surface area (Å²) in [6.45, 7) is 1.75. The molecule has 0 aromatic carbocycles. The summed E-state index contributed by atoms with van der Waals surface area (Å²) >= 11 is 8.20. The van der Waals surface area contributed by atoms with E-state index in [-0.39, 0.29) is 10.6 Å². The zero-order chi connectivity index (χ0) is 6.57. The Morgan fingerprint density at radius 1 is 1.88 bits per heavy atom. The van der Waals surface area contributed by atoms with Crippen molar-refractivity contribution in [3.05, 3.63) is 11.6 Å². The van der Waals surface area contributed by atoms with Crippen LogP contribution >= 0.6 is 27.5 Å². The van der Waals surface area contributed by atoms with Crippen LogP contribution in [0.2, 0.25) is 0 Å². The van der Waals surface area contributed by atoms with E-state index in [0.717, 1.165) is 0 Å². The van der Waals surface area contributed by atoms with Gasteiger partial charge in [0.05, 0.1) is 4.83 Å². The summed E-state index contributed by atoms with van der Waals surface area (Å²) in [7, 11) is 0. The maximum absolute atomic E-state index is 10.5. The fraction of sp³-hybridized carbons (Fsp3) is 0.400. The molecule has 0 aliphatic rings. The minimum atomic E-state index is -0.127. The van der Waals surface area contributed by atoms with Crippen molar-refractivity contribution in [1.29, 1.82) is 0 Å². The largest absolute Gasteiger partial charge is 0.294 e. The van der Waals surface area contributed by atoms with E-state index in [1.54, 1.807) is 6.92 Å². The number of allylic oxidation sites excluding steroid dienone is 1. The Morgan fingerprint density at radius 3 is 2.50 bits per heavy atom. The summed E-state index contributed by atoms with van der Waals surface area (Å²) in [4.78, 5) is 10.4. The summed E-state index contributed by atoms with van der Waals surface area (Å²) in [5, 5.41) is 0. The summed E-state index contributed by atoms with van der Waals surface area (Å²) < 4.78 is 0. The molecule has 1 atom stereocenters. The molecule has 0 heterocycles. The fourth-order valence-electron chi connectivity index (χ4n) is 0.195. The topological polar surface area (TPSA) is 17.1 Å². The zero-order valence-corrected chi connectivity index (χ0v) is 6.74. The molecule has 1 nitrogen and oxygen atoms in total. The first-order valence-corrected chi connectivity index (χ1v) is 3.48. The Kier molecular flexibility index (Phi) is 4.19. The number of ketones is 1. The zero-order valence-electron chi connectivity index (χ0n) is 4.40. The molecule has 0 aromatic heterocycles. The maximum Gasteiger partial charge on any atom is 0.169 e. The third-order valence-electron chi connectivity index (χ3n) is 0.619. The SMILES string of the molecule is CC(Br)C(=O)/C=C/Cl. The van der Waals surface area contributed by atoms with Crippen molar-refractivity contribution >= 4 is 33.3 Å². The lowest BCUT2D eigenvalue weighted by Gasteiger charge is -1.91. The molecule has 0 aliphatic carbocycles. The van der Waals surface area contributed by atoms with Gasteiger partial charge in [-0.05, 0) is 13.0 Å². The first-order chi connectivity index (χ1) is 3.68. The summed E-state index contributed by atoms with van der Waals surface area (Å²) in [5.41, 5.74) is 1.21. The van der Waals surface area contributed by atoms with Gasteiger partial charge in [-0.2, -0.15) is 0 Å². The van der Waals surface area contributed by atoms with Crippen molar-refractivity contribution in [3.8, 4) is 0 Å². The highest BCUT2D eigenvalue weighted by Gasteiger charge is 2.01. The molecule has 0 saturated heterocycles. The summed E-state index contributed by atoms with van der Waals surface area (Å²) in [5.74, 6) is -0.0139. The quantitative estimate of drug-likeness (QED) is 0.489. The number of alkyl halides is 1. The average molecular weight is 197 g/mol. The molecule has 3 heteroatoms. The number of rotatable bonds is 2. The van der Waals surface area contributed by atoms with Gasteiger partial charge < -0.3 is 0 Å². The number of halogens is 2. The molecule has 0 rings (SSSR count). The van der Waals surface area contributed by atoms with Crippen molar-refractivity contribution in [3.63, 3.8) is 0 Å². The van der Waals surface area contributed by atoms with Crippen LogP contribution in [-0.4, -0.2) is 10.6 Å². The van der Waals surface area contributed by atoms with E-state index in [2.05, 4.69) is 15.9 Å². The molecule has 0 amide bonds. The average Bonchev–Trinajstić information content (AvgIpc) is 1.67. The highest BCUT2D eigenvalue weighted by atomic mass is 79.9. The van der Waals surface area contributed by atoms with Gasteiger partial charge in [0.2, 0.25) is 0 Å². The van der Waals surface area contributed by atoms with E-state index in [4.69, 9.17) is 11.6 Å². The highest BCUT2D eigenvalue weighted by molar-refractivity contribution is 9.10. The van der Waals surface area contributed by atoms with E-state index in [9.17, 15) is 4.79 Å². The normalized spacial score (nSPS) is 14.4.